The molecule has 0 bridgehead atoms. The molecular weight excluding hydrogens is 276 g/mol. The lowest BCUT2D eigenvalue weighted by Crippen LogP contribution is -2.22. The molecule has 0 spiro atoms. The number of hydrogen-bond donors (Lipinski definition) is 2. The molecule has 2 N–H and O–H groups in total. The standard InChI is InChI=1S/C10H12N2O4S2/c1-7-2-8(12-16-7)4-11-18(14,15)10-3-9(5-13)17-6-10/h2-3,6,11,13H,4-5H2,1H3. The molecule has 2 aromatic rings. The number of aliphatic hydroxyl groups excluding tert-OH is 1. The molecule has 0 atom stereocenters. The summed E-state index contributed by atoms with van der Waals surface area (Å²) in [5.41, 5.74) is 0.522. The molecule has 0 aliphatic heterocycles. The third kappa shape index (κ3) is 2.96. The first-order chi connectivity index (χ1) is 8.51. The highest BCUT2D eigenvalue weighted by atomic mass is 32.2. The van der Waals surface area contributed by atoms with Crippen molar-refractivity contribution in [1.82, 2.24) is 9.88 Å². The fraction of sp³-hybridized carbons (Fsp3) is 0.300. The van der Waals surface area contributed by atoms with Crippen molar-refractivity contribution >= 4 is 21.4 Å². The van der Waals surface area contributed by atoms with Gasteiger partial charge in [0.1, 0.15) is 5.76 Å². The molecular formula is C10H12N2O4S2. The largest absolute Gasteiger partial charge is 0.391 e. The second-order valence-electron chi connectivity index (χ2n) is 3.66. The van der Waals surface area contributed by atoms with Gasteiger partial charge in [0, 0.05) is 16.3 Å². The SMILES string of the molecule is Cc1cc(CNS(=O)(=O)c2csc(CO)c2)no1. The molecule has 0 saturated heterocycles. The fourth-order valence-electron chi connectivity index (χ4n) is 1.34. The summed E-state index contributed by atoms with van der Waals surface area (Å²) in [6.45, 7) is 1.64. The normalized spacial score (nSPS) is 11.9. The monoisotopic (exact) mass is 288 g/mol. The third-order valence-corrected chi connectivity index (χ3v) is 4.67. The van der Waals surface area contributed by atoms with E-state index in [1.165, 1.54) is 22.8 Å². The highest BCUT2D eigenvalue weighted by molar-refractivity contribution is 7.89. The smallest absolute Gasteiger partial charge is 0.241 e. The van der Waals surface area contributed by atoms with E-state index < -0.39 is 10.0 Å². The zero-order valence-corrected chi connectivity index (χ0v) is 11.2. The lowest BCUT2D eigenvalue weighted by atomic mass is 10.4. The van der Waals surface area contributed by atoms with Crippen LogP contribution >= 0.6 is 11.3 Å². The molecule has 8 heteroatoms. The molecule has 98 valence electrons. The van der Waals surface area contributed by atoms with E-state index in [2.05, 4.69) is 9.88 Å². The molecule has 0 aliphatic rings. The highest BCUT2D eigenvalue weighted by Gasteiger charge is 2.16. The Morgan fingerprint density at radius 3 is 2.83 bits per heavy atom. The van der Waals surface area contributed by atoms with Gasteiger partial charge in [0.2, 0.25) is 10.0 Å². The molecule has 0 saturated carbocycles. The lowest BCUT2D eigenvalue weighted by Gasteiger charge is -2.01. The van der Waals surface area contributed by atoms with Crippen molar-refractivity contribution in [3.8, 4) is 0 Å². The van der Waals surface area contributed by atoms with E-state index in [4.69, 9.17) is 9.63 Å². The minimum Gasteiger partial charge on any atom is -0.391 e. The van der Waals surface area contributed by atoms with Crippen molar-refractivity contribution in [2.45, 2.75) is 25.0 Å². The van der Waals surface area contributed by atoms with Gasteiger partial charge in [-0.25, -0.2) is 13.1 Å². The first-order valence-corrected chi connectivity index (χ1v) is 7.47. The van der Waals surface area contributed by atoms with Crippen LogP contribution in [0.3, 0.4) is 0 Å². The Morgan fingerprint density at radius 2 is 2.28 bits per heavy atom. The minimum absolute atomic E-state index is 0.0734. The van der Waals surface area contributed by atoms with Crippen molar-refractivity contribution in [3.63, 3.8) is 0 Å². The number of aryl methyl sites for hydroxylation is 1. The quantitative estimate of drug-likeness (QED) is 0.856. The molecule has 0 fully saturated rings. The summed E-state index contributed by atoms with van der Waals surface area (Å²) in [6.07, 6.45) is 0. The first-order valence-electron chi connectivity index (χ1n) is 5.11. The number of rotatable bonds is 5. The van der Waals surface area contributed by atoms with Gasteiger partial charge in [0.15, 0.2) is 0 Å². The number of thiophene rings is 1. The van der Waals surface area contributed by atoms with Gasteiger partial charge in [-0.05, 0) is 13.0 Å². The Labute approximate surface area is 108 Å². The number of aromatic nitrogens is 1. The molecule has 0 unspecified atom stereocenters. The van der Waals surface area contributed by atoms with Gasteiger partial charge in [0.25, 0.3) is 0 Å². The molecule has 2 heterocycles. The van der Waals surface area contributed by atoms with Gasteiger partial charge in [-0.2, -0.15) is 0 Å². The molecule has 0 aromatic carbocycles. The fourth-order valence-corrected chi connectivity index (χ4v) is 3.47. The Balaban J connectivity index is 2.07. The van der Waals surface area contributed by atoms with Crippen LogP contribution in [0.2, 0.25) is 0 Å². The van der Waals surface area contributed by atoms with Crippen LogP contribution in [0.15, 0.2) is 26.9 Å². The van der Waals surface area contributed by atoms with Crippen molar-refractivity contribution < 1.29 is 18.0 Å². The Hall–Kier alpha value is -1.22. The maximum atomic E-state index is 11.9. The van der Waals surface area contributed by atoms with Gasteiger partial charge in [-0.15, -0.1) is 11.3 Å². The van der Waals surface area contributed by atoms with Gasteiger partial charge >= 0.3 is 0 Å². The summed E-state index contributed by atoms with van der Waals surface area (Å²) in [5, 5.41) is 14.1. The Bertz CT molecular complexity index is 630. The second-order valence-corrected chi connectivity index (χ2v) is 6.42. The van der Waals surface area contributed by atoms with Crippen LogP contribution in [0.1, 0.15) is 16.3 Å². The van der Waals surface area contributed by atoms with Gasteiger partial charge in [-0.3, -0.25) is 0 Å². The number of nitrogens with zero attached hydrogens (tertiary/aromatic N) is 1. The van der Waals surface area contributed by atoms with E-state index in [1.54, 1.807) is 13.0 Å². The number of hydrogen-bond acceptors (Lipinski definition) is 6. The summed E-state index contributed by atoms with van der Waals surface area (Å²) in [4.78, 5) is 0.754. The van der Waals surface area contributed by atoms with Crippen LogP contribution in [0.4, 0.5) is 0 Å². The predicted molar refractivity (Wildman–Crippen MR) is 65.5 cm³/mol. The van der Waals surface area contributed by atoms with Gasteiger partial charge in [-0.1, -0.05) is 5.16 Å². The van der Waals surface area contributed by atoms with E-state index in [0.29, 0.717) is 16.3 Å². The maximum Gasteiger partial charge on any atom is 0.241 e. The lowest BCUT2D eigenvalue weighted by molar-refractivity contribution is 0.285. The molecule has 0 radical (unpaired) electrons. The van der Waals surface area contributed by atoms with Crippen LogP contribution in [-0.2, 0) is 23.2 Å². The van der Waals surface area contributed by atoms with Crippen LogP contribution in [0.5, 0.6) is 0 Å². The van der Waals surface area contributed by atoms with Crippen LogP contribution in [-0.4, -0.2) is 18.7 Å². The van der Waals surface area contributed by atoms with E-state index in [0.717, 1.165) is 0 Å². The molecule has 0 amide bonds. The first kappa shape index (κ1) is 13.2. The number of sulfonamides is 1. The van der Waals surface area contributed by atoms with E-state index in [9.17, 15) is 8.42 Å². The summed E-state index contributed by atoms with van der Waals surface area (Å²) in [6, 6.07) is 3.11. The molecule has 2 aromatic heterocycles. The van der Waals surface area contributed by atoms with E-state index >= 15 is 0 Å². The minimum atomic E-state index is -3.57. The topological polar surface area (TPSA) is 92.4 Å². The zero-order chi connectivity index (χ0) is 13.2. The summed E-state index contributed by atoms with van der Waals surface area (Å²) in [7, 11) is -3.57. The highest BCUT2D eigenvalue weighted by Crippen LogP contribution is 2.19. The van der Waals surface area contributed by atoms with Gasteiger partial charge < -0.3 is 9.63 Å². The van der Waals surface area contributed by atoms with Crippen molar-refractivity contribution in [1.29, 1.82) is 0 Å². The molecule has 0 aliphatic carbocycles. The summed E-state index contributed by atoms with van der Waals surface area (Å²) >= 11 is 1.20. The van der Waals surface area contributed by atoms with Crippen LogP contribution < -0.4 is 4.72 Å². The summed E-state index contributed by atoms with van der Waals surface area (Å²) in [5.74, 6) is 0.627. The van der Waals surface area contributed by atoms with E-state index in [-0.39, 0.29) is 18.0 Å². The number of nitrogens with one attached hydrogen (secondary N) is 1. The zero-order valence-electron chi connectivity index (χ0n) is 9.58. The summed E-state index contributed by atoms with van der Waals surface area (Å²) < 4.78 is 31.1. The van der Waals surface area contributed by atoms with Crippen molar-refractivity contribution in [2.75, 3.05) is 0 Å². The number of aliphatic hydroxyl groups is 1. The Kier molecular flexibility index (Phi) is 3.81. The van der Waals surface area contributed by atoms with Gasteiger partial charge in [0.05, 0.1) is 23.7 Å². The predicted octanol–water partition coefficient (Wildman–Crippen LogP) is 1.02. The molecule has 6 nitrogen and oxygen atoms in total. The van der Waals surface area contributed by atoms with Crippen molar-refractivity contribution in [3.05, 3.63) is 33.8 Å². The Morgan fingerprint density at radius 1 is 1.50 bits per heavy atom. The molecule has 18 heavy (non-hydrogen) atoms. The maximum absolute atomic E-state index is 11.9. The van der Waals surface area contributed by atoms with Crippen LogP contribution in [0, 0.1) is 6.92 Å². The average Bonchev–Trinajstić information content (AvgIpc) is 2.95. The second kappa shape index (κ2) is 5.19. The van der Waals surface area contributed by atoms with Crippen LogP contribution in [0.25, 0.3) is 0 Å². The molecule has 2 rings (SSSR count). The third-order valence-electron chi connectivity index (χ3n) is 2.22. The van der Waals surface area contributed by atoms with Crippen molar-refractivity contribution in [2.24, 2.45) is 0 Å². The van der Waals surface area contributed by atoms with E-state index in [1.807, 2.05) is 0 Å². The average molecular weight is 288 g/mol.